The smallest absolute Gasteiger partial charge is 0.106 e. The fraction of sp³-hybridized carbons (Fsp3) is 0.533. The van der Waals surface area contributed by atoms with E-state index in [2.05, 4.69) is 55.4 Å². The zero-order valence-electron chi connectivity index (χ0n) is 11.8. The van der Waals surface area contributed by atoms with Crippen LogP contribution in [0.1, 0.15) is 50.5 Å². The van der Waals surface area contributed by atoms with Crippen molar-refractivity contribution in [1.82, 2.24) is 9.55 Å². The van der Waals surface area contributed by atoms with E-state index in [4.69, 9.17) is 5.73 Å². The van der Waals surface area contributed by atoms with Crippen LogP contribution in [0.25, 0.3) is 11.0 Å². The van der Waals surface area contributed by atoms with Crippen LogP contribution in [0.3, 0.4) is 0 Å². The van der Waals surface area contributed by atoms with Gasteiger partial charge in [-0.2, -0.15) is 0 Å². The Hall–Kier alpha value is -1.35. The molecule has 1 atom stereocenters. The number of aryl methyl sites for hydroxylation is 1. The number of hydrogen-bond acceptors (Lipinski definition) is 2. The number of hydrogen-bond donors (Lipinski definition) is 1. The molecule has 1 aromatic heterocycles. The number of benzene rings is 1. The molecule has 1 aromatic carbocycles. The second kappa shape index (κ2) is 5.11. The molecule has 2 aromatic rings. The molecule has 2 rings (SSSR count). The van der Waals surface area contributed by atoms with Gasteiger partial charge >= 0.3 is 0 Å². The maximum Gasteiger partial charge on any atom is 0.106 e. The van der Waals surface area contributed by atoms with E-state index in [-0.39, 0.29) is 0 Å². The van der Waals surface area contributed by atoms with Gasteiger partial charge in [-0.1, -0.05) is 13.0 Å². The Labute approximate surface area is 109 Å². The van der Waals surface area contributed by atoms with E-state index in [1.165, 1.54) is 11.1 Å². The summed E-state index contributed by atoms with van der Waals surface area (Å²) in [7, 11) is 0. The van der Waals surface area contributed by atoms with E-state index in [1.54, 1.807) is 0 Å². The van der Waals surface area contributed by atoms with E-state index in [9.17, 15) is 0 Å². The number of fused-ring (bicyclic) bond motifs is 1. The van der Waals surface area contributed by atoms with Crippen molar-refractivity contribution < 1.29 is 0 Å². The van der Waals surface area contributed by atoms with Gasteiger partial charge < -0.3 is 10.3 Å². The molecule has 3 heteroatoms. The van der Waals surface area contributed by atoms with Crippen LogP contribution in [0.15, 0.2) is 18.2 Å². The van der Waals surface area contributed by atoms with E-state index < -0.39 is 0 Å². The summed E-state index contributed by atoms with van der Waals surface area (Å²) in [6.07, 6.45) is 1.02. The van der Waals surface area contributed by atoms with Crippen LogP contribution < -0.4 is 5.73 Å². The van der Waals surface area contributed by atoms with Crippen LogP contribution in [0.2, 0.25) is 0 Å². The van der Waals surface area contributed by atoms with Gasteiger partial charge in [0, 0.05) is 6.04 Å². The third-order valence-corrected chi connectivity index (χ3v) is 3.58. The summed E-state index contributed by atoms with van der Waals surface area (Å²) >= 11 is 0. The molecule has 0 bridgehead atoms. The van der Waals surface area contributed by atoms with Gasteiger partial charge in [-0.15, -0.1) is 0 Å². The van der Waals surface area contributed by atoms with Gasteiger partial charge in [0.15, 0.2) is 0 Å². The van der Waals surface area contributed by atoms with Crippen molar-refractivity contribution in [2.45, 2.75) is 46.1 Å². The number of aromatic nitrogens is 2. The molecule has 0 amide bonds. The summed E-state index contributed by atoms with van der Waals surface area (Å²) in [6.45, 7) is 9.42. The second-order valence-corrected chi connectivity index (χ2v) is 5.35. The maximum absolute atomic E-state index is 5.63. The van der Waals surface area contributed by atoms with Crippen LogP contribution in [0.4, 0.5) is 0 Å². The minimum Gasteiger partial charge on any atom is -0.330 e. The number of imidazole rings is 1. The highest BCUT2D eigenvalue weighted by Gasteiger charge is 2.12. The van der Waals surface area contributed by atoms with Crippen LogP contribution in [-0.4, -0.2) is 16.1 Å². The Bertz CT molecular complexity index is 540. The molecule has 0 radical (unpaired) electrons. The molecule has 1 unspecified atom stereocenters. The average molecular weight is 245 g/mol. The third kappa shape index (κ3) is 2.27. The molecule has 2 N–H and O–H groups in total. The summed E-state index contributed by atoms with van der Waals surface area (Å²) in [6, 6.07) is 7.06. The van der Waals surface area contributed by atoms with Gasteiger partial charge in [-0.05, 0) is 57.4 Å². The lowest BCUT2D eigenvalue weighted by Crippen LogP contribution is -2.05. The summed E-state index contributed by atoms with van der Waals surface area (Å²) in [5.41, 5.74) is 9.29. The molecule has 0 spiro atoms. The van der Waals surface area contributed by atoms with Crippen LogP contribution in [0.5, 0.6) is 0 Å². The second-order valence-electron chi connectivity index (χ2n) is 5.35. The molecule has 98 valence electrons. The lowest BCUT2D eigenvalue weighted by atomic mass is 9.97. The molecule has 0 aliphatic heterocycles. The van der Waals surface area contributed by atoms with Gasteiger partial charge in [0.1, 0.15) is 5.82 Å². The first kappa shape index (κ1) is 13.1. The van der Waals surface area contributed by atoms with E-state index in [1.807, 2.05) is 0 Å². The van der Waals surface area contributed by atoms with E-state index in [0.29, 0.717) is 12.0 Å². The lowest BCUT2D eigenvalue weighted by Gasteiger charge is -2.12. The van der Waals surface area contributed by atoms with Crippen molar-refractivity contribution in [3.8, 4) is 0 Å². The molecule has 1 heterocycles. The predicted octanol–water partition coefficient (Wildman–Crippen LogP) is 3.38. The topological polar surface area (TPSA) is 43.8 Å². The van der Waals surface area contributed by atoms with Gasteiger partial charge in [0.25, 0.3) is 0 Å². The van der Waals surface area contributed by atoms with Crippen molar-refractivity contribution in [3.63, 3.8) is 0 Å². The summed E-state index contributed by atoms with van der Waals surface area (Å²) < 4.78 is 2.28. The normalized spacial score (nSPS) is 13.4. The molecule has 3 nitrogen and oxygen atoms in total. The SMILES string of the molecule is Cc1nc2cc(C(C)CCN)ccc2n1C(C)C. The summed E-state index contributed by atoms with van der Waals surface area (Å²) in [4.78, 5) is 4.67. The Morgan fingerprint density at radius 2 is 2.00 bits per heavy atom. The minimum absolute atomic E-state index is 0.447. The number of nitrogens with zero attached hydrogens (tertiary/aromatic N) is 2. The molecule has 0 saturated carbocycles. The van der Waals surface area contributed by atoms with Gasteiger partial charge in [0.05, 0.1) is 11.0 Å². The first-order valence-electron chi connectivity index (χ1n) is 6.73. The largest absolute Gasteiger partial charge is 0.330 e. The van der Waals surface area contributed by atoms with Gasteiger partial charge in [-0.3, -0.25) is 0 Å². The van der Waals surface area contributed by atoms with Crippen LogP contribution in [0, 0.1) is 6.92 Å². The molecule has 0 fully saturated rings. The standard InChI is InChI=1S/C15H23N3/c1-10(2)18-12(4)17-14-9-13(5-6-15(14)18)11(3)7-8-16/h5-6,9-11H,7-8,16H2,1-4H3. The lowest BCUT2D eigenvalue weighted by molar-refractivity contribution is 0.600. The van der Waals surface area contributed by atoms with Crippen LogP contribution in [-0.2, 0) is 0 Å². The third-order valence-electron chi connectivity index (χ3n) is 3.58. The average Bonchev–Trinajstić information content (AvgIpc) is 2.63. The molecule has 0 aliphatic rings. The highest BCUT2D eigenvalue weighted by atomic mass is 15.1. The van der Waals surface area contributed by atoms with Crippen molar-refractivity contribution in [1.29, 1.82) is 0 Å². The summed E-state index contributed by atoms with van der Waals surface area (Å²) in [5.74, 6) is 1.59. The van der Waals surface area contributed by atoms with Crippen molar-refractivity contribution in [3.05, 3.63) is 29.6 Å². The highest BCUT2D eigenvalue weighted by Crippen LogP contribution is 2.26. The minimum atomic E-state index is 0.447. The van der Waals surface area contributed by atoms with Gasteiger partial charge in [0.2, 0.25) is 0 Å². The van der Waals surface area contributed by atoms with Gasteiger partial charge in [-0.25, -0.2) is 4.98 Å². The molecular formula is C15H23N3. The highest BCUT2D eigenvalue weighted by molar-refractivity contribution is 5.77. The Balaban J connectivity index is 2.47. The number of rotatable bonds is 4. The van der Waals surface area contributed by atoms with Crippen molar-refractivity contribution >= 4 is 11.0 Å². The Morgan fingerprint density at radius 1 is 1.28 bits per heavy atom. The zero-order chi connectivity index (χ0) is 13.3. The maximum atomic E-state index is 5.63. The quantitative estimate of drug-likeness (QED) is 0.897. The molecule has 18 heavy (non-hydrogen) atoms. The predicted molar refractivity (Wildman–Crippen MR) is 76.9 cm³/mol. The van der Waals surface area contributed by atoms with E-state index >= 15 is 0 Å². The van der Waals surface area contributed by atoms with E-state index in [0.717, 1.165) is 24.3 Å². The Kier molecular flexibility index (Phi) is 3.71. The fourth-order valence-corrected chi connectivity index (χ4v) is 2.61. The summed E-state index contributed by atoms with van der Waals surface area (Å²) in [5, 5.41) is 0. The van der Waals surface area contributed by atoms with Crippen molar-refractivity contribution in [2.24, 2.45) is 5.73 Å². The fourth-order valence-electron chi connectivity index (χ4n) is 2.61. The van der Waals surface area contributed by atoms with Crippen LogP contribution >= 0.6 is 0 Å². The zero-order valence-corrected chi connectivity index (χ0v) is 11.8. The first-order chi connectivity index (χ1) is 8.54. The molecule has 0 saturated heterocycles. The Morgan fingerprint density at radius 3 is 2.61 bits per heavy atom. The number of nitrogens with two attached hydrogens (primary N) is 1. The molecular weight excluding hydrogens is 222 g/mol. The monoisotopic (exact) mass is 245 g/mol. The molecule has 0 aliphatic carbocycles. The van der Waals surface area contributed by atoms with Crippen molar-refractivity contribution in [2.75, 3.05) is 6.54 Å². The first-order valence-corrected chi connectivity index (χ1v) is 6.73.